The Kier molecular flexibility index (Phi) is 4.64. The predicted molar refractivity (Wildman–Crippen MR) is 71.8 cm³/mol. The van der Waals surface area contributed by atoms with Gasteiger partial charge in [-0.2, -0.15) is 23.4 Å². The molecule has 0 aliphatic rings. The van der Waals surface area contributed by atoms with E-state index in [4.69, 9.17) is 5.26 Å². The molecule has 2 aromatic rings. The standard InChI is InChI=1S/C14H11F3N4O2/c1-8(22)19-7-11(6-18)9-2-4-10(5-3-9)12-20-13(23-21-12)14(15,16)17/h2-5,11H,7H2,1H3,(H,19,22). The number of carbonyl (C=O) groups is 1. The van der Waals surface area contributed by atoms with Crippen molar-refractivity contribution in [3.8, 4) is 17.5 Å². The number of amides is 1. The average molecular weight is 324 g/mol. The molecule has 0 radical (unpaired) electrons. The first-order valence-electron chi connectivity index (χ1n) is 6.46. The van der Waals surface area contributed by atoms with Crippen LogP contribution >= 0.6 is 0 Å². The fraction of sp³-hybridized carbons (Fsp3) is 0.286. The Morgan fingerprint density at radius 2 is 2.04 bits per heavy atom. The first-order valence-corrected chi connectivity index (χ1v) is 6.46. The van der Waals surface area contributed by atoms with Crippen LogP contribution in [0.15, 0.2) is 28.8 Å². The molecule has 23 heavy (non-hydrogen) atoms. The first-order chi connectivity index (χ1) is 10.8. The van der Waals surface area contributed by atoms with E-state index in [-0.39, 0.29) is 18.3 Å². The topological polar surface area (TPSA) is 91.8 Å². The van der Waals surface area contributed by atoms with Gasteiger partial charge in [0.05, 0.1) is 12.0 Å². The third kappa shape index (κ3) is 4.06. The molecule has 9 heteroatoms. The van der Waals surface area contributed by atoms with E-state index in [2.05, 4.69) is 20.0 Å². The van der Waals surface area contributed by atoms with E-state index in [1.165, 1.54) is 19.1 Å². The minimum atomic E-state index is -4.70. The number of nitrogens with one attached hydrogen (secondary N) is 1. The molecule has 0 bridgehead atoms. The molecule has 0 spiro atoms. The van der Waals surface area contributed by atoms with E-state index >= 15 is 0 Å². The minimum Gasteiger partial charge on any atom is -0.355 e. The largest absolute Gasteiger partial charge is 0.471 e. The van der Waals surface area contributed by atoms with Crippen LogP contribution in [0.1, 0.15) is 24.3 Å². The van der Waals surface area contributed by atoms with E-state index in [1.807, 2.05) is 6.07 Å². The highest BCUT2D eigenvalue weighted by atomic mass is 19.4. The third-order valence-electron chi connectivity index (χ3n) is 2.95. The fourth-order valence-electron chi connectivity index (χ4n) is 1.80. The van der Waals surface area contributed by atoms with E-state index < -0.39 is 18.0 Å². The number of nitrogens with zero attached hydrogens (tertiary/aromatic N) is 3. The van der Waals surface area contributed by atoms with Crippen molar-refractivity contribution in [2.45, 2.75) is 19.0 Å². The maximum atomic E-state index is 12.4. The summed E-state index contributed by atoms with van der Waals surface area (Å²) in [6.07, 6.45) is -4.70. The van der Waals surface area contributed by atoms with Gasteiger partial charge in [0.25, 0.3) is 0 Å². The third-order valence-corrected chi connectivity index (χ3v) is 2.95. The summed E-state index contributed by atoms with van der Waals surface area (Å²) in [6.45, 7) is 1.48. The number of alkyl halides is 3. The van der Waals surface area contributed by atoms with Crippen molar-refractivity contribution in [1.82, 2.24) is 15.5 Å². The van der Waals surface area contributed by atoms with Crippen molar-refractivity contribution in [3.05, 3.63) is 35.7 Å². The molecule has 0 aliphatic heterocycles. The molecular weight excluding hydrogens is 313 g/mol. The summed E-state index contributed by atoms with van der Waals surface area (Å²) in [4.78, 5) is 14.2. The summed E-state index contributed by atoms with van der Waals surface area (Å²) in [5, 5.41) is 14.9. The molecule has 1 amide bonds. The van der Waals surface area contributed by atoms with Crippen LogP contribution in [0.5, 0.6) is 0 Å². The molecule has 1 N–H and O–H groups in total. The van der Waals surface area contributed by atoms with Crippen LogP contribution in [0.25, 0.3) is 11.4 Å². The molecule has 1 unspecified atom stereocenters. The summed E-state index contributed by atoms with van der Waals surface area (Å²) in [6, 6.07) is 8.14. The predicted octanol–water partition coefficient (Wildman–Crippen LogP) is 2.50. The van der Waals surface area contributed by atoms with Crippen molar-refractivity contribution >= 4 is 5.91 Å². The maximum Gasteiger partial charge on any atom is 0.471 e. The van der Waals surface area contributed by atoms with E-state index in [0.29, 0.717) is 11.1 Å². The molecule has 0 fully saturated rings. The molecule has 1 aromatic carbocycles. The Morgan fingerprint density at radius 1 is 1.39 bits per heavy atom. The van der Waals surface area contributed by atoms with Gasteiger partial charge in [-0.3, -0.25) is 4.79 Å². The van der Waals surface area contributed by atoms with Crippen molar-refractivity contribution in [3.63, 3.8) is 0 Å². The quantitative estimate of drug-likeness (QED) is 0.933. The van der Waals surface area contributed by atoms with Crippen LogP contribution in [0.4, 0.5) is 13.2 Å². The Labute approximate surface area is 128 Å². The number of nitriles is 1. The zero-order valence-corrected chi connectivity index (χ0v) is 11.9. The Bertz CT molecular complexity index is 732. The van der Waals surface area contributed by atoms with Gasteiger partial charge in [0.2, 0.25) is 11.7 Å². The average Bonchev–Trinajstić information content (AvgIpc) is 2.98. The SMILES string of the molecule is CC(=O)NCC(C#N)c1ccc(-c2noc(C(F)(F)F)n2)cc1. The van der Waals surface area contributed by atoms with Gasteiger partial charge in [0.15, 0.2) is 0 Å². The van der Waals surface area contributed by atoms with Gasteiger partial charge >= 0.3 is 12.1 Å². The number of halogens is 3. The number of aromatic nitrogens is 2. The van der Waals surface area contributed by atoms with E-state index in [0.717, 1.165) is 0 Å². The highest BCUT2D eigenvalue weighted by Gasteiger charge is 2.38. The number of rotatable bonds is 4. The van der Waals surface area contributed by atoms with E-state index in [9.17, 15) is 18.0 Å². The molecule has 0 aliphatic carbocycles. The maximum absolute atomic E-state index is 12.4. The molecule has 0 saturated heterocycles. The van der Waals surface area contributed by atoms with Crippen molar-refractivity contribution < 1.29 is 22.5 Å². The highest BCUT2D eigenvalue weighted by molar-refractivity contribution is 5.72. The van der Waals surface area contributed by atoms with Gasteiger partial charge in [-0.05, 0) is 5.56 Å². The number of hydrogen-bond acceptors (Lipinski definition) is 5. The molecule has 1 aromatic heterocycles. The number of carbonyl (C=O) groups excluding carboxylic acids is 1. The summed E-state index contributed by atoms with van der Waals surface area (Å²) in [7, 11) is 0. The lowest BCUT2D eigenvalue weighted by Crippen LogP contribution is -2.25. The number of hydrogen-bond donors (Lipinski definition) is 1. The van der Waals surface area contributed by atoms with Gasteiger partial charge in [0, 0.05) is 19.0 Å². The van der Waals surface area contributed by atoms with Gasteiger partial charge < -0.3 is 9.84 Å². The van der Waals surface area contributed by atoms with Crippen molar-refractivity contribution in [2.24, 2.45) is 0 Å². The van der Waals surface area contributed by atoms with Crippen LogP contribution in [-0.4, -0.2) is 22.6 Å². The van der Waals surface area contributed by atoms with Crippen LogP contribution < -0.4 is 5.32 Å². The zero-order valence-electron chi connectivity index (χ0n) is 11.9. The second-order valence-corrected chi connectivity index (χ2v) is 4.66. The Hall–Kier alpha value is -2.89. The normalized spacial score (nSPS) is 12.5. The van der Waals surface area contributed by atoms with E-state index in [1.54, 1.807) is 12.1 Å². The molecule has 1 atom stereocenters. The molecular formula is C14H11F3N4O2. The summed E-state index contributed by atoms with van der Waals surface area (Å²) in [5.41, 5.74) is 0.939. The fourth-order valence-corrected chi connectivity index (χ4v) is 1.80. The lowest BCUT2D eigenvalue weighted by Gasteiger charge is -2.10. The van der Waals surface area contributed by atoms with Crippen molar-refractivity contribution in [2.75, 3.05) is 6.54 Å². The van der Waals surface area contributed by atoms with Gasteiger partial charge in [0.1, 0.15) is 0 Å². The molecule has 2 rings (SSSR count). The summed E-state index contributed by atoms with van der Waals surface area (Å²) in [5.74, 6) is -2.44. The lowest BCUT2D eigenvalue weighted by molar-refractivity contribution is -0.159. The monoisotopic (exact) mass is 324 g/mol. The lowest BCUT2D eigenvalue weighted by atomic mass is 9.99. The Morgan fingerprint density at radius 3 is 2.52 bits per heavy atom. The number of benzene rings is 1. The second kappa shape index (κ2) is 6.48. The van der Waals surface area contributed by atoms with Gasteiger partial charge in [-0.25, -0.2) is 0 Å². The second-order valence-electron chi connectivity index (χ2n) is 4.66. The molecule has 6 nitrogen and oxygen atoms in total. The van der Waals surface area contributed by atoms with Gasteiger partial charge in [-0.1, -0.05) is 29.4 Å². The Balaban J connectivity index is 2.17. The summed E-state index contributed by atoms with van der Waals surface area (Å²) >= 11 is 0. The van der Waals surface area contributed by atoms with Crippen LogP contribution in [0.3, 0.4) is 0 Å². The zero-order chi connectivity index (χ0) is 17.0. The van der Waals surface area contributed by atoms with Crippen LogP contribution in [0.2, 0.25) is 0 Å². The van der Waals surface area contributed by atoms with Gasteiger partial charge in [-0.15, -0.1) is 0 Å². The van der Waals surface area contributed by atoms with Crippen LogP contribution in [-0.2, 0) is 11.0 Å². The molecule has 120 valence electrons. The van der Waals surface area contributed by atoms with Crippen molar-refractivity contribution in [1.29, 1.82) is 5.26 Å². The smallest absolute Gasteiger partial charge is 0.355 e. The minimum absolute atomic E-state index is 0.144. The van der Waals surface area contributed by atoms with Crippen LogP contribution in [0, 0.1) is 11.3 Å². The first kappa shape index (κ1) is 16.5. The summed E-state index contributed by atoms with van der Waals surface area (Å²) < 4.78 is 41.4. The molecule has 0 saturated carbocycles. The highest BCUT2D eigenvalue weighted by Crippen LogP contribution is 2.29. The molecule has 1 heterocycles.